The Labute approximate surface area is 217 Å². The number of halogens is 1. The number of benzene rings is 3. The SMILES string of the molecule is CC(C)c1cccc(C(C)C)c1OCCOCCn1c(-c2ccc(Cl)cc2)nc2ccccc2c1=O. The summed E-state index contributed by atoms with van der Waals surface area (Å²) in [6.07, 6.45) is 0. The van der Waals surface area contributed by atoms with Gasteiger partial charge in [0.1, 0.15) is 18.2 Å². The van der Waals surface area contributed by atoms with E-state index in [0.29, 0.717) is 60.0 Å². The van der Waals surface area contributed by atoms with Crippen LogP contribution >= 0.6 is 11.6 Å². The van der Waals surface area contributed by atoms with Crippen LogP contribution < -0.4 is 10.3 Å². The molecule has 0 aliphatic rings. The van der Waals surface area contributed by atoms with Gasteiger partial charge in [0, 0.05) is 10.6 Å². The Bertz CT molecular complexity index is 1350. The predicted molar refractivity (Wildman–Crippen MR) is 147 cm³/mol. The van der Waals surface area contributed by atoms with Crippen molar-refractivity contribution in [2.75, 3.05) is 19.8 Å². The van der Waals surface area contributed by atoms with Crippen LogP contribution in [0, 0.1) is 0 Å². The number of fused-ring (bicyclic) bond motifs is 1. The fourth-order valence-corrected chi connectivity index (χ4v) is 4.43. The Kier molecular flexibility index (Phi) is 8.44. The summed E-state index contributed by atoms with van der Waals surface area (Å²) in [5.41, 5.74) is 3.84. The second-order valence-corrected chi connectivity index (χ2v) is 9.89. The fourth-order valence-electron chi connectivity index (χ4n) is 4.30. The molecule has 0 saturated heterocycles. The number of hydrogen-bond acceptors (Lipinski definition) is 4. The molecule has 0 spiro atoms. The molecule has 0 bridgehead atoms. The van der Waals surface area contributed by atoms with E-state index in [9.17, 15) is 4.79 Å². The van der Waals surface area contributed by atoms with Crippen molar-refractivity contribution in [3.05, 3.63) is 93.2 Å². The van der Waals surface area contributed by atoms with Crippen molar-refractivity contribution < 1.29 is 9.47 Å². The molecule has 6 heteroatoms. The lowest BCUT2D eigenvalue weighted by atomic mass is 9.94. The Balaban J connectivity index is 1.46. The molecule has 0 unspecified atom stereocenters. The molecular formula is C30H33ClN2O3. The molecule has 1 aromatic heterocycles. The minimum absolute atomic E-state index is 0.0853. The first-order valence-electron chi connectivity index (χ1n) is 12.5. The molecule has 3 aromatic carbocycles. The second kappa shape index (κ2) is 11.7. The normalized spacial score (nSPS) is 11.5. The summed E-state index contributed by atoms with van der Waals surface area (Å²) < 4.78 is 13.8. The van der Waals surface area contributed by atoms with E-state index in [1.54, 1.807) is 22.8 Å². The maximum atomic E-state index is 13.3. The number of ether oxygens (including phenoxy) is 2. The lowest BCUT2D eigenvalue weighted by Gasteiger charge is -2.20. The van der Waals surface area contributed by atoms with E-state index in [0.717, 1.165) is 11.3 Å². The summed E-state index contributed by atoms with van der Waals surface area (Å²) in [6.45, 7) is 10.3. The molecular weight excluding hydrogens is 472 g/mol. The molecule has 1 heterocycles. The van der Waals surface area contributed by atoms with Crippen molar-refractivity contribution in [3.8, 4) is 17.1 Å². The number of nitrogens with zero attached hydrogens (tertiary/aromatic N) is 2. The predicted octanol–water partition coefficient (Wildman–Crippen LogP) is 7.06. The third-order valence-corrected chi connectivity index (χ3v) is 6.47. The molecule has 0 atom stereocenters. The van der Waals surface area contributed by atoms with Gasteiger partial charge in [0.25, 0.3) is 5.56 Å². The van der Waals surface area contributed by atoms with Crippen LogP contribution in [0.1, 0.15) is 50.7 Å². The molecule has 0 fully saturated rings. The zero-order valence-electron chi connectivity index (χ0n) is 21.3. The zero-order valence-corrected chi connectivity index (χ0v) is 22.1. The van der Waals surface area contributed by atoms with E-state index in [1.807, 2.05) is 30.3 Å². The van der Waals surface area contributed by atoms with Crippen LogP contribution in [-0.2, 0) is 11.3 Å². The lowest BCUT2D eigenvalue weighted by Crippen LogP contribution is -2.26. The minimum Gasteiger partial charge on any atom is -0.491 e. The first-order valence-corrected chi connectivity index (χ1v) is 12.8. The average molecular weight is 505 g/mol. The quantitative estimate of drug-likeness (QED) is 0.217. The van der Waals surface area contributed by atoms with Gasteiger partial charge >= 0.3 is 0 Å². The molecule has 0 radical (unpaired) electrons. The Hall–Kier alpha value is -3.15. The molecule has 0 N–H and O–H groups in total. The van der Waals surface area contributed by atoms with Gasteiger partial charge in [0.15, 0.2) is 0 Å². The lowest BCUT2D eigenvalue weighted by molar-refractivity contribution is 0.0933. The van der Waals surface area contributed by atoms with Crippen LogP contribution in [0.15, 0.2) is 71.5 Å². The van der Waals surface area contributed by atoms with Gasteiger partial charge in [-0.1, -0.05) is 69.6 Å². The first kappa shape index (κ1) is 25.9. The van der Waals surface area contributed by atoms with Gasteiger partial charge in [-0.25, -0.2) is 4.98 Å². The smallest absolute Gasteiger partial charge is 0.261 e. The summed E-state index contributed by atoms with van der Waals surface area (Å²) in [7, 11) is 0. The second-order valence-electron chi connectivity index (χ2n) is 9.45. The van der Waals surface area contributed by atoms with Crippen molar-refractivity contribution >= 4 is 22.5 Å². The molecule has 36 heavy (non-hydrogen) atoms. The van der Waals surface area contributed by atoms with Gasteiger partial charge in [-0.05, 0) is 59.4 Å². The minimum atomic E-state index is -0.0853. The van der Waals surface area contributed by atoms with Gasteiger partial charge in [0.05, 0.1) is 30.7 Å². The summed E-state index contributed by atoms with van der Waals surface area (Å²) >= 11 is 6.07. The summed E-state index contributed by atoms with van der Waals surface area (Å²) in [5, 5.41) is 1.22. The van der Waals surface area contributed by atoms with Crippen molar-refractivity contribution in [2.24, 2.45) is 0 Å². The van der Waals surface area contributed by atoms with Crippen LogP contribution in [0.5, 0.6) is 5.75 Å². The molecule has 0 aliphatic carbocycles. The van der Waals surface area contributed by atoms with Gasteiger partial charge in [0.2, 0.25) is 0 Å². The Morgan fingerprint density at radius 3 is 2.17 bits per heavy atom. The highest BCUT2D eigenvalue weighted by molar-refractivity contribution is 6.30. The van der Waals surface area contributed by atoms with Gasteiger partial charge in [-0.15, -0.1) is 0 Å². The number of rotatable bonds is 10. The van der Waals surface area contributed by atoms with Crippen LogP contribution in [-0.4, -0.2) is 29.4 Å². The maximum absolute atomic E-state index is 13.3. The average Bonchev–Trinajstić information content (AvgIpc) is 2.87. The molecule has 188 valence electrons. The van der Waals surface area contributed by atoms with Gasteiger partial charge in [-0.2, -0.15) is 0 Å². The summed E-state index contributed by atoms with van der Waals surface area (Å²) in [5.74, 6) is 2.31. The third-order valence-electron chi connectivity index (χ3n) is 6.22. The first-order chi connectivity index (χ1) is 17.4. The monoisotopic (exact) mass is 504 g/mol. The van der Waals surface area contributed by atoms with Crippen molar-refractivity contribution in [1.82, 2.24) is 9.55 Å². The van der Waals surface area contributed by atoms with E-state index in [2.05, 4.69) is 45.9 Å². The van der Waals surface area contributed by atoms with Crippen molar-refractivity contribution in [3.63, 3.8) is 0 Å². The van der Waals surface area contributed by atoms with E-state index in [4.69, 9.17) is 26.1 Å². The highest BCUT2D eigenvalue weighted by Gasteiger charge is 2.15. The molecule has 4 rings (SSSR count). The highest BCUT2D eigenvalue weighted by Crippen LogP contribution is 2.34. The third kappa shape index (κ3) is 5.80. The van der Waals surface area contributed by atoms with Crippen molar-refractivity contribution in [2.45, 2.75) is 46.1 Å². The summed E-state index contributed by atoms with van der Waals surface area (Å²) in [4.78, 5) is 18.1. The molecule has 4 aromatic rings. The maximum Gasteiger partial charge on any atom is 0.261 e. The van der Waals surface area contributed by atoms with E-state index >= 15 is 0 Å². The Morgan fingerprint density at radius 2 is 1.50 bits per heavy atom. The largest absolute Gasteiger partial charge is 0.491 e. The van der Waals surface area contributed by atoms with Crippen LogP contribution in [0.3, 0.4) is 0 Å². The number of aromatic nitrogens is 2. The topological polar surface area (TPSA) is 53.4 Å². The summed E-state index contributed by atoms with van der Waals surface area (Å²) in [6, 6.07) is 21.1. The molecule has 0 aliphatic heterocycles. The van der Waals surface area contributed by atoms with E-state index in [-0.39, 0.29) is 5.56 Å². The van der Waals surface area contributed by atoms with Crippen LogP contribution in [0.25, 0.3) is 22.3 Å². The van der Waals surface area contributed by atoms with Gasteiger partial charge < -0.3 is 9.47 Å². The van der Waals surface area contributed by atoms with E-state index in [1.165, 1.54) is 11.1 Å². The zero-order chi connectivity index (χ0) is 25.7. The van der Waals surface area contributed by atoms with Crippen LogP contribution in [0.4, 0.5) is 0 Å². The van der Waals surface area contributed by atoms with Gasteiger partial charge in [-0.3, -0.25) is 9.36 Å². The standard InChI is InChI=1S/C30H33ClN2O3/c1-20(2)24-9-7-10-25(21(3)4)28(24)36-19-18-35-17-16-33-29(22-12-14-23(31)15-13-22)32-27-11-6-5-8-26(27)30(33)34/h5-15,20-21H,16-19H2,1-4H3. The Morgan fingerprint density at radius 1 is 0.833 bits per heavy atom. The highest BCUT2D eigenvalue weighted by atomic mass is 35.5. The molecule has 0 amide bonds. The fraction of sp³-hybridized carbons (Fsp3) is 0.333. The van der Waals surface area contributed by atoms with E-state index < -0.39 is 0 Å². The van der Waals surface area contributed by atoms with Crippen molar-refractivity contribution in [1.29, 1.82) is 0 Å². The van der Waals surface area contributed by atoms with Crippen LogP contribution in [0.2, 0.25) is 5.02 Å². The molecule has 0 saturated carbocycles. The number of hydrogen-bond donors (Lipinski definition) is 0. The number of para-hydroxylation sites is 2. The molecule has 5 nitrogen and oxygen atoms in total.